The predicted molar refractivity (Wildman–Crippen MR) is 508 cm³/mol. The van der Waals surface area contributed by atoms with Crippen molar-refractivity contribution in [2.24, 2.45) is 0 Å². The van der Waals surface area contributed by atoms with Gasteiger partial charge in [-0.25, -0.2) is 48.4 Å². The number of alkyl halides is 4. The molecule has 6 saturated heterocycles. The van der Waals surface area contributed by atoms with Crippen LogP contribution in [0.3, 0.4) is 0 Å². The zero-order valence-corrected chi connectivity index (χ0v) is 85.4. The number of benzene rings is 2. The topological polar surface area (TPSA) is 731 Å². The van der Waals surface area contributed by atoms with Crippen molar-refractivity contribution in [1.29, 1.82) is 0 Å². The second kappa shape index (κ2) is 43.3. The second-order valence-corrected chi connectivity index (χ2v) is 45.2. The number of halogens is 4. The van der Waals surface area contributed by atoms with E-state index in [9.17, 15) is 66.8 Å². The number of nitrogens with two attached hydrogens (primary N) is 4. The minimum Gasteiger partial charge on any atom is -0.462 e. The molecule has 8 aromatic heterocycles. The number of aromatic amines is 4. The lowest BCUT2D eigenvalue weighted by atomic mass is 10.0. The maximum absolute atomic E-state index is 13.8. The molecule has 0 spiro atoms. The van der Waals surface area contributed by atoms with Gasteiger partial charge in [-0.3, -0.25) is 104 Å². The summed E-state index contributed by atoms with van der Waals surface area (Å²) in [6.45, 7) is 24.6. The third-order valence-corrected chi connectivity index (χ3v) is 30.2. The number of H-pyrrole nitrogens is 4. The van der Waals surface area contributed by atoms with Crippen LogP contribution in [0, 0.1) is 0 Å². The van der Waals surface area contributed by atoms with Crippen LogP contribution in [0.5, 0.6) is 11.5 Å². The molecule has 14 heterocycles. The Balaban J connectivity index is 0.000000160. The quantitative estimate of drug-likeness (QED) is 0.0102. The average molecular weight is 2150 g/mol. The first-order valence-corrected chi connectivity index (χ1v) is 51.5. The lowest BCUT2D eigenvalue weighted by Gasteiger charge is -2.36. The molecule has 0 amide bonds. The fraction of sp³-hybridized carbons (Fsp3) is 0.550. The largest absolute Gasteiger partial charge is 0.462 e. The molecule has 54 nitrogen and oxygen atoms in total. The second-order valence-electron chi connectivity index (χ2n) is 35.1. The van der Waals surface area contributed by atoms with Crippen molar-refractivity contribution < 1.29 is 122 Å². The number of anilines is 4. The van der Waals surface area contributed by atoms with Crippen LogP contribution in [0.4, 0.5) is 23.8 Å². The third-order valence-electron chi connectivity index (χ3n) is 21.9. The molecule has 0 radical (unpaired) electrons. The lowest BCUT2D eigenvalue weighted by Crippen LogP contribution is -2.47. The van der Waals surface area contributed by atoms with Crippen LogP contribution in [0.25, 0.3) is 44.7 Å². The fourth-order valence-electron chi connectivity index (χ4n) is 15.3. The Kier molecular flexibility index (Phi) is 33.3. The maximum Gasteiger partial charge on any atom is 0.459 e. The molecule has 2 aromatic carbocycles. The minimum atomic E-state index is -4.23. The van der Waals surface area contributed by atoms with Crippen molar-refractivity contribution >= 4 is 170 Å². The molecule has 6 aliphatic heterocycles. The normalized spacial score (nSPS) is 29.0. The van der Waals surface area contributed by atoms with Crippen molar-refractivity contribution in [3.63, 3.8) is 0 Å². The summed E-state index contributed by atoms with van der Waals surface area (Å²) in [6.07, 6.45) is -8.08. The monoisotopic (exact) mass is 2150 g/mol. The van der Waals surface area contributed by atoms with Crippen LogP contribution >= 0.6 is 77.4 Å². The third kappa shape index (κ3) is 24.3. The maximum atomic E-state index is 13.8. The number of hydrogen-bond acceptors (Lipinski definition) is 42. The summed E-state index contributed by atoms with van der Waals surface area (Å²) in [5.74, 6) is -2.56. The molecule has 16 rings (SSSR count). The van der Waals surface area contributed by atoms with Crippen molar-refractivity contribution in [2.45, 2.75) is 253 Å². The summed E-state index contributed by atoms with van der Waals surface area (Å²) in [6, 6.07) is 12.4. The van der Waals surface area contributed by atoms with Gasteiger partial charge in [0.05, 0.1) is 76.2 Å². The van der Waals surface area contributed by atoms with E-state index < -0.39 is 220 Å². The predicted octanol–water partition coefficient (Wildman–Crippen LogP) is 6.28. The fourth-order valence-corrected chi connectivity index (χ4v) is 23.2. The number of nitrogen functional groups attached to an aromatic ring is 4. The van der Waals surface area contributed by atoms with Crippen LogP contribution in [0.1, 0.15) is 136 Å². The summed E-state index contributed by atoms with van der Waals surface area (Å²) in [5.41, 5.74) is 21.2. The highest BCUT2D eigenvalue weighted by atomic mass is 35.5. The summed E-state index contributed by atoms with van der Waals surface area (Å²) in [5, 5.41) is 32.3. The molecule has 0 bridgehead atoms. The summed E-state index contributed by atoms with van der Waals surface area (Å²) >= 11 is 27.1. The number of hydrogen-bond donors (Lipinski definition) is 14. The van der Waals surface area contributed by atoms with Crippen molar-refractivity contribution in [3.05, 3.63) is 127 Å². The van der Waals surface area contributed by atoms with Gasteiger partial charge in [-0.2, -0.15) is 30.1 Å². The Morgan fingerprint density at radius 3 is 0.972 bits per heavy atom. The van der Waals surface area contributed by atoms with Crippen LogP contribution in [-0.4, -0.2) is 256 Å². The minimum absolute atomic E-state index is 0.00156. The number of carbonyl (C=O) groups excluding carboxylic acids is 4. The first kappa shape index (κ1) is 109. The van der Waals surface area contributed by atoms with Crippen LogP contribution < -0.4 is 74.6 Å². The Morgan fingerprint density at radius 1 is 0.444 bits per heavy atom. The molecule has 6 fully saturated rings. The molecular formula is C80H108Cl4N24O30P4. The number of carbonyl (C=O) groups is 4. The van der Waals surface area contributed by atoms with Crippen molar-refractivity contribution in [1.82, 2.24) is 98.4 Å². The SMILES string of the molecule is CC(C)OC(=O)[C@@H](C)NP(=O)(OC[C@H]1O[C@@H](n2cnc3c(=O)[nH]c(N)nc32)[C@](C)(Cl)[C@@H]1O)Oc1ccccc1.CC(C)OC(=O)[C@@H](C)N[P@@]1(=O)OC[C@H]2O[C@@H](n3cnc4c(=O)[nH]c(N)nc43)[C@](C)(Cl)[C@@H]2O1.CC(C)OC(=O)[C@@H](C)N[P@](=O)(OC[C@H]1O[C@@H](n2cnc3c(=O)[nH]c(N)nc32)[C@](C)(Cl)[C@@H]1O)Oc1ccccc1.CC(C)OC(=O)[C@@H](C)N[P@]1(=O)OC[C@H]2O[C@@H](n3cnc4c(=O)[nH]c(N)nc43)[C@](C)(Cl)[C@@H]2O1. The number of ether oxygens (including phenoxy) is 8. The van der Waals surface area contributed by atoms with Gasteiger partial charge in [-0.05, 0) is 135 Å². The number of fused-ring (bicyclic) bond motifs is 6. The van der Waals surface area contributed by atoms with E-state index in [2.05, 4.69) is 80.2 Å². The van der Waals surface area contributed by atoms with Gasteiger partial charge in [0, 0.05) is 0 Å². The molecule has 1 unspecified atom stereocenters. The molecule has 6 aliphatic rings. The Bertz CT molecular complexity index is 6340. The number of rotatable bonds is 30. The highest BCUT2D eigenvalue weighted by molar-refractivity contribution is 7.53. The molecule has 24 atom stereocenters. The number of imidazole rings is 4. The first-order valence-electron chi connectivity index (χ1n) is 43.8. The van der Waals surface area contributed by atoms with Gasteiger partial charge in [0.1, 0.15) is 104 Å². The van der Waals surface area contributed by atoms with Gasteiger partial charge in [-0.1, -0.05) is 36.4 Å². The van der Waals surface area contributed by atoms with Crippen molar-refractivity contribution in [2.75, 3.05) is 49.4 Å². The van der Waals surface area contributed by atoms with Gasteiger partial charge in [0.2, 0.25) is 23.8 Å². The number of nitrogens with one attached hydrogen (secondary N) is 8. The van der Waals surface area contributed by atoms with Crippen molar-refractivity contribution in [3.8, 4) is 11.5 Å². The smallest absolute Gasteiger partial charge is 0.459 e. The van der Waals surface area contributed by atoms with Crippen LogP contribution in [-0.2, 0) is 102 Å². The molecule has 10 aromatic rings. The van der Waals surface area contributed by atoms with Gasteiger partial charge in [-0.15, -0.1) is 46.4 Å². The van der Waals surface area contributed by atoms with Gasteiger partial charge in [0.15, 0.2) is 69.6 Å². The zero-order valence-electron chi connectivity index (χ0n) is 78.8. The molecule has 18 N–H and O–H groups in total. The molecule has 776 valence electrons. The highest BCUT2D eigenvalue weighted by Gasteiger charge is 2.63. The van der Waals surface area contributed by atoms with E-state index in [1.54, 1.807) is 130 Å². The van der Waals surface area contributed by atoms with Crippen LogP contribution in [0.15, 0.2) is 105 Å². The van der Waals surface area contributed by atoms with E-state index in [0.29, 0.717) is 0 Å². The van der Waals surface area contributed by atoms with E-state index in [0.717, 1.165) is 0 Å². The lowest BCUT2D eigenvalue weighted by molar-refractivity contribution is -0.150. The van der Waals surface area contributed by atoms with E-state index in [1.807, 2.05) is 0 Å². The molecule has 0 saturated carbocycles. The number of nitrogens with zero attached hydrogens (tertiary/aromatic N) is 12. The number of esters is 4. The van der Waals surface area contributed by atoms with E-state index in [4.69, 9.17) is 143 Å². The first-order chi connectivity index (χ1) is 66.4. The molecule has 0 aliphatic carbocycles. The molecular weight excluding hydrogens is 2040 g/mol. The Morgan fingerprint density at radius 2 is 0.704 bits per heavy atom. The highest BCUT2D eigenvalue weighted by Crippen LogP contribution is 2.61. The molecule has 142 heavy (non-hydrogen) atoms. The average Bonchev–Trinajstić information content (AvgIpc) is 1.52. The summed E-state index contributed by atoms with van der Waals surface area (Å²) in [7, 11) is -16.3. The van der Waals surface area contributed by atoms with Gasteiger partial charge in [0.25, 0.3) is 22.2 Å². The Labute approximate surface area is 826 Å². The number of aliphatic hydroxyl groups is 2. The number of aliphatic hydroxyl groups excluding tert-OH is 2. The zero-order chi connectivity index (χ0) is 104. The number of para-hydroxylation sites is 2. The standard InChI is InChI=1S/2C23H30ClN6O8P.2C17H24ClN6O7P/c2*1-12(2)36-20(33)13(3)29-39(34,38-14-8-6-5-7-9-14)35-10-15-17(31)23(4,24)21(37-15)30-11-26-16-18(30)27-22(25)28-19(16)32;2*1-7(2)29-14(26)8(3)23-32(27)28-5-9-11(31-32)17(4,18)15(30-9)24-6-20-10-12(24)21-16(19)22-13(10)25/h2*5-9,11-13,15,17,21,31H,10H2,1-4H3,(H,29,34)(H3,25,27,28,32);2*6-9,11,15H,5H2,1-4H3,(H,23,27)(H3,19,21,22,25)/t13-,15-,17-,21-,23-,39?;13-,15-,17-,21-,23-,39+;8-,9-,11-,15-,17-,32+;8-,9-,11-,15-,17-,32-/m1111/s1. The van der Waals surface area contributed by atoms with Gasteiger partial charge < -0.3 is 80.1 Å². The Hall–Kier alpha value is -10.0. The van der Waals surface area contributed by atoms with Crippen LogP contribution in [0.2, 0.25) is 0 Å². The summed E-state index contributed by atoms with van der Waals surface area (Å²) < 4.78 is 149. The summed E-state index contributed by atoms with van der Waals surface area (Å²) in [4.78, 5) is 134. The van der Waals surface area contributed by atoms with E-state index >= 15 is 0 Å². The van der Waals surface area contributed by atoms with E-state index in [-0.39, 0.29) is 105 Å². The molecule has 62 heteroatoms. The van der Waals surface area contributed by atoms with E-state index in [1.165, 1.54) is 85.1 Å². The van der Waals surface area contributed by atoms with Gasteiger partial charge >= 0.3 is 54.9 Å². The number of aromatic nitrogens is 16.